The summed E-state index contributed by atoms with van der Waals surface area (Å²) in [5, 5.41) is 8.46. The smallest absolute Gasteiger partial charge is 0.289 e. The minimum atomic E-state index is -0.320. The van der Waals surface area contributed by atoms with E-state index in [2.05, 4.69) is 17.2 Å². The van der Waals surface area contributed by atoms with E-state index >= 15 is 0 Å². The largest absolute Gasteiger partial charge is 0.336 e. The predicted molar refractivity (Wildman–Crippen MR) is 87.9 cm³/mol. The van der Waals surface area contributed by atoms with Gasteiger partial charge in [-0.15, -0.1) is 5.10 Å². The molecule has 1 saturated heterocycles. The molecule has 23 heavy (non-hydrogen) atoms. The van der Waals surface area contributed by atoms with Crippen LogP contribution in [0.15, 0.2) is 6.20 Å². The number of amides is 1. The molecule has 0 aromatic carbocycles. The van der Waals surface area contributed by atoms with E-state index in [0.717, 1.165) is 37.8 Å². The number of nitrogens with zero attached hydrogens (tertiary/aromatic N) is 4. The van der Waals surface area contributed by atoms with Crippen LogP contribution in [0.2, 0.25) is 0 Å². The van der Waals surface area contributed by atoms with Crippen molar-refractivity contribution in [2.24, 2.45) is 5.92 Å². The highest BCUT2D eigenvalue weighted by molar-refractivity contribution is 6.36. The van der Waals surface area contributed by atoms with Crippen LogP contribution < -0.4 is 0 Å². The van der Waals surface area contributed by atoms with E-state index in [9.17, 15) is 9.59 Å². The van der Waals surface area contributed by atoms with Crippen LogP contribution in [0.5, 0.6) is 0 Å². The van der Waals surface area contributed by atoms with E-state index < -0.39 is 0 Å². The van der Waals surface area contributed by atoms with E-state index in [-0.39, 0.29) is 23.7 Å². The van der Waals surface area contributed by atoms with Crippen LogP contribution in [0.1, 0.15) is 64.6 Å². The van der Waals surface area contributed by atoms with Gasteiger partial charge in [0.05, 0.1) is 11.7 Å². The minimum absolute atomic E-state index is 0.223. The van der Waals surface area contributed by atoms with E-state index in [4.69, 9.17) is 0 Å². The van der Waals surface area contributed by atoms with Gasteiger partial charge in [0.1, 0.15) is 0 Å². The monoisotopic (exact) mass is 320 g/mol. The van der Waals surface area contributed by atoms with E-state index in [1.165, 1.54) is 0 Å². The molecule has 1 fully saturated rings. The molecule has 2 heterocycles. The van der Waals surface area contributed by atoms with Crippen LogP contribution in [0, 0.1) is 5.92 Å². The molecular formula is C17H28N4O2. The lowest BCUT2D eigenvalue weighted by molar-refractivity contribution is -0.146. The molecule has 6 nitrogen and oxygen atoms in total. The molecule has 0 bridgehead atoms. The number of likely N-dealkylation sites (tertiary alicyclic amines) is 1. The number of unbranched alkanes of at least 4 members (excludes halogenated alkanes) is 1. The van der Waals surface area contributed by atoms with Crippen molar-refractivity contribution in [3.05, 3.63) is 11.9 Å². The summed E-state index contributed by atoms with van der Waals surface area (Å²) in [6.07, 6.45) is 7.28. The Morgan fingerprint density at radius 1 is 1.30 bits per heavy atom. The Balaban J connectivity index is 1.84. The van der Waals surface area contributed by atoms with Gasteiger partial charge in [-0.25, -0.2) is 4.68 Å². The summed E-state index contributed by atoms with van der Waals surface area (Å²) in [6, 6.07) is 0.280. The number of carbonyl (C=O) groups is 2. The first kappa shape index (κ1) is 17.6. The van der Waals surface area contributed by atoms with Crippen molar-refractivity contribution in [3.8, 4) is 0 Å². The third-order valence-electron chi connectivity index (χ3n) is 4.30. The summed E-state index contributed by atoms with van der Waals surface area (Å²) in [5.41, 5.74) is 1.04. The number of hydrogen-bond acceptors (Lipinski definition) is 4. The number of carbonyl (C=O) groups excluding carboxylic acids is 2. The van der Waals surface area contributed by atoms with Gasteiger partial charge in [-0.05, 0) is 31.6 Å². The number of piperidine rings is 1. The van der Waals surface area contributed by atoms with Gasteiger partial charge in [-0.2, -0.15) is 0 Å². The van der Waals surface area contributed by atoms with Crippen molar-refractivity contribution in [2.75, 3.05) is 13.1 Å². The van der Waals surface area contributed by atoms with Crippen molar-refractivity contribution in [2.45, 2.75) is 65.3 Å². The van der Waals surface area contributed by atoms with Crippen molar-refractivity contribution in [3.63, 3.8) is 0 Å². The van der Waals surface area contributed by atoms with Crippen molar-refractivity contribution < 1.29 is 9.59 Å². The quantitative estimate of drug-likeness (QED) is 0.724. The molecule has 0 N–H and O–H groups in total. The van der Waals surface area contributed by atoms with Gasteiger partial charge in [0.25, 0.3) is 5.91 Å². The van der Waals surface area contributed by atoms with Gasteiger partial charge >= 0.3 is 0 Å². The first-order chi connectivity index (χ1) is 11.0. The summed E-state index contributed by atoms with van der Waals surface area (Å²) in [6.45, 7) is 7.32. The molecule has 1 aromatic rings. The normalized spacial score (nSPS) is 16.1. The van der Waals surface area contributed by atoms with Crippen LogP contribution in [0.3, 0.4) is 0 Å². The Kier molecular flexibility index (Phi) is 6.30. The standard InChI is InChI=1S/C17H28N4O2/c1-4-5-6-14-12-21(19-18-14)15-7-9-20(10-8-15)17(23)16(22)11-13(2)3/h12-13,15H,4-11H2,1-3H3. The number of aromatic nitrogens is 3. The zero-order chi connectivity index (χ0) is 16.8. The molecule has 6 heteroatoms. The fourth-order valence-electron chi connectivity index (χ4n) is 2.93. The lowest BCUT2D eigenvalue weighted by Gasteiger charge is -2.31. The molecule has 1 aliphatic heterocycles. The second-order valence-corrected chi connectivity index (χ2v) is 6.84. The molecular weight excluding hydrogens is 292 g/mol. The van der Waals surface area contributed by atoms with Crippen LogP contribution >= 0.6 is 0 Å². The van der Waals surface area contributed by atoms with Gasteiger partial charge in [-0.3, -0.25) is 9.59 Å². The number of Topliss-reactive ketones (excluding diaryl/α,β-unsaturated/α-hetero) is 1. The van der Waals surface area contributed by atoms with Crippen LogP contribution in [-0.4, -0.2) is 44.7 Å². The van der Waals surface area contributed by atoms with E-state index in [0.29, 0.717) is 19.5 Å². The zero-order valence-electron chi connectivity index (χ0n) is 14.5. The Labute approximate surface area is 138 Å². The number of hydrogen-bond donors (Lipinski definition) is 0. The minimum Gasteiger partial charge on any atom is -0.336 e. The highest BCUT2D eigenvalue weighted by Crippen LogP contribution is 2.22. The summed E-state index contributed by atoms with van der Waals surface area (Å²) < 4.78 is 1.93. The molecule has 2 rings (SSSR count). The second kappa shape index (κ2) is 8.22. The van der Waals surface area contributed by atoms with Crippen LogP contribution in [-0.2, 0) is 16.0 Å². The molecule has 0 aliphatic carbocycles. The maximum Gasteiger partial charge on any atom is 0.289 e. The second-order valence-electron chi connectivity index (χ2n) is 6.84. The Bertz CT molecular complexity index is 530. The highest BCUT2D eigenvalue weighted by Gasteiger charge is 2.28. The SMILES string of the molecule is CCCCc1cn(C2CCN(C(=O)C(=O)CC(C)C)CC2)nn1. The predicted octanol–water partition coefficient (Wildman–Crippen LogP) is 2.40. The van der Waals surface area contributed by atoms with Crippen molar-refractivity contribution in [1.82, 2.24) is 19.9 Å². The first-order valence-electron chi connectivity index (χ1n) is 8.74. The summed E-state index contributed by atoms with van der Waals surface area (Å²) in [7, 11) is 0. The zero-order valence-corrected chi connectivity index (χ0v) is 14.5. The van der Waals surface area contributed by atoms with Gasteiger partial charge in [-0.1, -0.05) is 32.4 Å². The van der Waals surface area contributed by atoms with E-state index in [1.807, 2.05) is 24.7 Å². The van der Waals surface area contributed by atoms with Gasteiger partial charge < -0.3 is 4.90 Å². The van der Waals surface area contributed by atoms with Gasteiger partial charge in [0.2, 0.25) is 5.78 Å². The van der Waals surface area contributed by atoms with Gasteiger partial charge in [0, 0.05) is 25.7 Å². The molecule has 128 valence electrons. The lowest BCUT2D eigenvalue weighted by atomic mass is 10.0. The Morgan fingerprint density at radius 2 is 2.00 bits per heavy atom. The third kappa shape index (κ3) is 4.88. The highest BCUT2D eigenvalue weighted by atomic mass is 16.2. The molecule has 0 spiro atoms. The molecule has 0 saturated carbocycles. The average molecular weight is 320 g/mol. The van der Waals surface area contributed by atoms with Crippen molar-refractivity contribution >= 4 is 11.7 Å². The molecule has 1 aromatic heterocycles. The Morgan fingerprint density at radius 3 is 2.61 bits per heavy atom. The Hall–Kier alpha value is -1.72. The first-order valence-corrected chi connectivity index (χ1v) is 8.74. The fraction of sp³-hybridized carbons (Fsp3) is 0.765. The summed E-state index contributed by atoms with van der Waals surface area (Å²) >= 11 is 0. The third-order valence-corrected chi connectivity index (χ3v) is 4.30. The summed E-state index contributed by atoms with van der Waals surface area (Å²) in [4.78, 5) is 25.7. The topological polar surface area (TPSA) is 68.1 Å². The number of rotatable bonds is 7. The van der Waals surface area contributed by atoms with Crippen LogP contribution in [0.25, 0.3) is 0 Å². The van der Waals surface area contributed by atoms with E-state index in [1.54, 1.807) is 4.90 Å². The molecule has 1 aliphatic rings. The van der Waals surface area contributed by atoms with Crippen LogP contribution in [0.4, 0.5) is 0 Å². The maximum atomic E-state index is 12.1. The number of aryl methyl sites for hydroxylation is 1. The fourth-order valence-corrected chi connectivity index (χ4v) is 2.93. The molecule has 0 atom stereocenters. The molecule has 0 unspecified atom stereocenters. The maximum absolute atomic E-state index is 12.1. The molecule has 1 amide bonds. The van der Waals surface area contributed by atoms with Gasteiger partial charge in [0.15, 0.2) is 0 Å². The number of ketones is 1. The molecule has 0 radical (unpaired) electrons. The summed E-state index contributed by atoms with van der Waals surface area (Å²) in [5.74, 6) is -0.360. The van der Waals surface area contributed by atoms with Crippen molar-refractivity contribution in [1.29, 1.82) is 0 Å². The lowest BCUT2D eigenvalue weighted by Crippen LogP contribution is -2.42. The average Bonchev–Trinajstić information content (AvgIpc) is 3.00.